The molecule has 0 bridgehead atoms. The summed E-state index contributed by atoms with van der Waals surface area (Å²) in [6, 6.07) is 3.99. The molecule has 6 heteroatoms. The summed E-state index contributed by atoms with van der Waals surface area (Å²) in [5.41, 5.74) is 7.25. The van der Waals surface area contributed by atoms with Crippen molar-refractivity contribution < 1.29 is 4.79 Å². The Morgan fingerprint density at radius 2 is 2.33 bits per heavy atom. The number of hydrogen-bond acceptors (Lipinski definition) is 5. The molecule has 0 spiro atoms. The molecule has 0 aliphatic carbocycles. The first kappa shape index (κ1) is 8.99. The van der Waals surface area contributed by atoms with Gasteiger partial charge in [0.05, 0.1) is 16.1 Å². The van der Waals surface area contributed by atoms with E-state index in [-0.39, 0.29) is 5.91 Å². The lowest BCUT2D eigenvalue weighted by atomic mass is 10.3. The number of nitrogens with one attached hydrogen (secondary N) is 1. The first-order chi connectivity index (χ1) is 7.24. The van der Waals surface area contributed by atoms with E-state index in [0.29, 0.717) is 10.9 Å². The highest BCUT2D eigenvalue weighted by molar-refractivity contribution is 8.00. The summed E-state index contributed by atoms with van der Waals surface area (Å²) < 4.78 is 1.01. The second-order valence-electron chi connectivity index (χ2n) is 3.17. The summed E-state index contributed by atoms with van der Waals surface area (Å²) in [6.07, 6.45) is 0. The Balaban J connectivity index is 2.31. The van der Waals surface area contributed by atoms with E-state index in [0.717, 1.165) is 20.8 Å². The maximum Gasteiger partial charge on any atom is 0.234 e. The van der Waals surface area contributed by atoms with Crippen LogP contribution in [0.3, 0.4) is 0 Å². The van der Waals surface area contributed by atoms with Gasteiger partial charge in [-0.1, -0.05) is 11.3 Å². The van der Waals surface area contributed by atoms with Crippen LogP contribution in [0.2, 0.25) is 0 Å². The lowest BCUT2D eigenvalue weighted by Gasteiger charge is -2.15. The van der Waals surface area contributed by atoms with Crippen LogP contribution < -0.4 is 11.1 Å². The SMILES string of the molecule is Nc1nc2c3c(ccc2s1)SCC(=O)N3. The van der Waals surface area contributed by atoms with Crippen molar-refractivity contribution in [2.75, 3.05) is 16.8 Å². The van der Waals surface area contributed by atoms with Crippen molar-refractivity contribution in [1.82, 2.24) is 4.98 Å². The molecule has 0 saturated carbocycles. The van der Waals surface area contributed by atoms with Crippen LogP contribution in [0.5, 0.6) is 0 Å². The summed E-state index contributed by atoms with van der Waals surface area (Å²) in [4.78, 5) is 16.6. The van der Waals surface area contributed by atoms with Crippen LogP contribution in [0, 0.1) is 0 Å². The summed E-state index contributed by atoms with van der Waals surface area (Å²) in [5, 5.41) is 3.38. The van der Waals surface area contributed by atoms with Crippen LogP contribution in [0.1, 0.15) is 0 Å². The van der Waals surface area contributed by atoms with Crippen LogP contribution in [0.15, 0.2) is 17.0 Å². The molecular weight excluding hydrogens is 230 g/mol. The Morgan fingerprint density at radius 1 is 1.47 bits per heavy atom. The fourth-order valence-corrected chi connectivity index (χ4v) is 3.11. The van der Waals surface area contributed by atoms with Crippen LogP contribution in [0.4, 0.5) is 10.8 Å². The van der Waals surface area contributed by atoms with Crippen LogP contribution in [-0.4, -0.2) is 16.6 Å². The van der Waals surface area contributed by atoms with E-state index in [9.17, 15) is 4.79 Å². The first-order valence-corrected chi connectivity index (χ1v) is 6.16. The third-order valence-electron chi connectivity index (χ3n) is 2.16. The zero-order valence-corrected chi connectivity index (χ0v) is 9.24. The van der Waals surface area contributed by atoms with Crippen molar-refractivity contribution in [3.63, 3.8) is 0 Å². The number of fused-ring (bicyclic) bond motifs is 3. The van der Waals surface area contributed by atoms with Gasteiger partial charge in [-0.25, -0.2) is 4.98 Å². The highest BCUT2D eigenvalue weighted by atomic mass is 32.2. The van der Waals surface area contributed by atoms with Gasteiger partial charge in [0.1, 0.15) is 5.52 Å². The zero-order valence-electron chi connectivity index (χ0n) is 7.61. The minimum atomic E-state index is 0.0200. The average molecular weight is 237 g/mol. The van der Waals surface area contributed by atoms with E-state index in [4.69, 9.17) is 5.73 Å². The number of amides is 1. The van der Waals surface area contributed by atoms with E-state index >= 15 is 0 Å². The van der Waals surface area contributed by atoms with Crippen LogP contribution in [-0.2, 0) is 4.79 Å². The van der Waals surface area contributed by atoms with Gasteiger partial charge in [-0.3, -0.25) is 4.79 Å². The summed E-state index contributed by atoms with van der Waals surface area (Å²) in [6.45, 7) is 0. The number of anilines is 2. The van der Waals surface area contributed by atoms with Gasteiger partial charge in [0, 0.05) is 4.90 Å². The minimum absolute atomic E-state index is 0.0200. The highest BCUT2D eigenvalue weighted by Crippen LogP contribution is 2.39. The highest BCUT2D eigenvalue weighted by Gasteiger charge is 2.19. The normalized spacial score (nSPS) is 15.1. The van der Waals surface area contributed by atoms with Gasteiger partial charge in [0.2, 0.25) is 5.91 Å². The fourth-order valence-electron chi connectivity index (χ4n) is 1.55. The number of benzene rings is 1. The third kappa shape index (κ3) is 1.37. The van der Waals surface area contributed by atoms with Gasteiger partial charge in [-0.15, -0.1) is 11.8 Å². The number of hydrogen-bond donors (Lipinski definition) is 2. The molecule has 2 aromatic rings. The number of nitrogens with two attached hydrogens (primary N) is 1. The number of thiazole rings is 1. The van der Waals surface area contributed by atoms with E-state index in [1.807, 2.05) is 12.1 Å². The van der Waals surface area contributed by atoms with Crippen LogP contribution in [0.25, 0.3) is 10.2 Å². The molecule has 1 aliphatic heterocycles. The molecule has 1 aromatic heterocycles. The maximum absolute atomic E-state index is 11.3. The van der Waals surface area contributed by atoms with Crippen LogP contribution >= 0.6 is 23.1 Å². The number of aromatic nitrogens is 1. The molecule has 3 N–H and O–H groups in total. The number of carbonyl (C=O) groups is 1. The van der Waals surface area contributed by atoms with Gasteiger partial charge in [0.25, 0.3) is 0 Å². The Morgan fingerprint density at radius 3 is 3.20 bits per heavy atom. The average Bonchev–Trinajstić information content (AvgIpc) is 2.58. The molecule has 1 aliphatic rings. The fraction of sp³-hybridized carbons (Fsp3) is 0.111. The van der Waals surface area contributed by atoms with E-state index < -0.39 is 0 Å². The quantitative estimate of drug-likeness (QED) is 0.734. The van der Waals surface area contributed by atoms with E-state index in [2.05, 4.69) is 10.3 Å². The lowest BCUT2D eigenvalue weighted by molar-refractivity contribution is -0.113. The van der Waals surface area contributed by atoms with Gasteiger partial charge >= 0.3 is 0 Å². The molecule has 76 valence electrons. The molecule has 4 nitrogen and oxygen atoms in total. The molecule has 2 heterocycles. The van der Waals surface area contributed by atoms with Crippen molar-refractivity contribution in [1.29, 1.82) is 0 Å². The Bertz CT molecular complexity index is 564. The number of thioether (sulfide) groups is 1. The van der Waals surface area contributed by atoms with Gasteiger partial charge in [-0.2, -0.15) is 0 Å². The molecule has 0 fully saturated rings. The summed E-state index contributed by atoms with van der Waals surface area (Å²) >= 11 is 2.96. The molecule has 3 rings (SSSR count). The van der Waals surface area contributed by atoms with Crippen molar-refractivity contribution in [2.24, 2.45) is 0 Å². The summed E-state index contributed by atoms with van der Waals surface area (Å²) in [7, 11) is 0. The summed E-state index contributed by atoms with van der Waals surface area (Å²) in [5.74, 6) is 0.490. The van der Waals surface area contributed by atoms with Crippen molar-refractivity contribution >= 4 is 50.0 Å². The van der Waals surface area contributed by atoms with Crippen molar-refractivity contribution in [3.05, 3.63) is 12.1 Å². The van der Waals surface area contributed by atoms with Gasteiger partial charge in [0.15, 0.2) is 5.13 Å². The zero-order chi connectivity index (χ0) is 10.4. The molecule has 0 saturated heterocycles. The number of nitrogen functional groups attached to an aromatic ring is 1. The Labute approximate surface area is 93.9 Å². The largest absolute Gasteiger partial charge is 0.375 e. The van der Waals surface area contributed by atoms with E-state index in [1.54, 1.807) is 0 Å². The minimum Gasteiger partial charge on any atom is -0.375 e. The lowest BCUT2D eigenvalue weighted by Crippen LogP contribution is -2.18. The Kier molecular flexibility index (Phi) is 1.86. The topological polar surface area (TPSA) is 68.0 Å². The molecule has 15 heavy (non-hydrogen) atoms. The number of nitrogens with zero attached hydrogens (tertiary/aromatic N) is 1. The third-order valence-corrected chi connectivity index (χ3v) is 4.07. The number of rotatable bonds is 0. The molecule has 0 radical (unpaired) electrons. The van der Waals surface area contributed by atoms with Crippen molar-refractivity contribution in [2.45, 2.75) is 4.90 Å². The standard InChI is InChI=1S/C9H7N3OS2/c10-9-12-8-5(15-9)2-1-4-7(8)11-6(13)3-14-4/h1-2H,3H2,(H2,10,12)(H,11,13). The second-order valence-corrected chi connectivity index (χ2v) is 5.25. The molecular formula is C9H7N3OS2. The molecule has 1 amide bonds. The van der Waals surface area contributed by atoms with Gasteiger partial charge < -0.3 is 11.1 Å². The first-order valence-electron chi connectivity index (χ1n) is 4.36. The molecule has 0 unspecified atom stereocenters. The van der Waals surface area contributed by atoms with Crippen molar-refractivity contribution in [3.8, 4) is 0 Å². The predicted molar refractivity (Wildman–Crippen MR) is 63.4 cm³/mol. The predicted octanol–water partition coefficient (Wildman–Crippen LogP) is 1.92. The van der Waals surface area contributed by atoms with E-state index in [1.165, 1.54) is 23.1 Å². The molecule has 0 atom stereocenters. The maximum atomic E-state index is 11.3. The molecule has 1 aromatic carbocycles. The van der Waals surface area contributed by atoms with Gasteiger partial charge in [-0.05, 0) is 12.1 Å². The monoisotopic (exact) mass is 237 g/mol. The smallest absolute Gasteiger partial charge is 0.234 e. The second kappa shape index (κ2) is 3.11. The number of carbonyl (C=O) groups excluding carboxylic acids is 1. The Hall–Kier alpha value is -1.27.